The lowest BCUT2D eigenvalue weighted by Crippen LogP contribution is -2.44. The predicted molar refractivity (Wildman–Crippen MR) is 97.2 cm³/mol. The minimum Gasteiger partial charge on any atom is -0.356 e. The van der Waals surface area contributed by atoms with Gasteiger partial charge in [-0.05, 0) is 31.4 Å². The highest BCUT2D eigenvalue weighted by atomic mass is 32.1. The third-order valence-electron chi connectivity index (χ3n) is 4.28. The van der Waals surface area contributed by atoms with E-state index in [0.717, 1.165) is 49.1 Å². The van der Waals surface area contributed by atoms with Crippen LogP contribution in [0, 0.1) is 13.8 Å². The summed E-state index contributed by atoms with van der Waals surface area (Å²) in [7, 11) is 1.87. The molecule has 0 saturated carbocycles. The van der Waals surface area contributed by atoms with Gasteiger partial charge in [-0.25, -0.2) is 4.98 Å². The molecule has 0 aliphatic carbocycles. The molecule has 0 unspecified atom stereocenters. The Labute approximate surface area is 142 Å². The molecular formula is C18H24N4S. The number of rotatable bonds is 3. The number of nitrogens with one attached hydrogen (secondary N) is 1. The van der Waals surface area contributed by atoms with Crippen molar-refractivity contribution in [2.75, 3.05) is 20.1 Å². The first-order valence-corrected chi connectivity index (χ1v) is 8.94. The third-order valence-corrected chi connectivity index (χ3v) is 5.41. The molecule has 0 radical (unpaired) electrons. The Morgan fingerprint density at radius 2 is 2.09 bits per heavy atom. The fourth-order valence-corrected chi connectivity index (χ4v) is 4.04. The van der Waals surface area contributed by atoms with E-state index in [9.17, 15) is 0 Å². The lowest BCUT2D eigenvalue weighted by Gasteiger charge is -2.31. The molecule has 1 N–H and O–H groups in total. The van der Waals surface area contributed by atoms with Crippen LogP contribution in [-0.4, -0.2) is 36.0 Å². The molecule has 2 heterocycles. The summed E-state index contributed by atoms with van der Waals surface area (Å²) in [5, 5.41) is 4.66. The Balaban J connectivity index is 1.58. The number of benzene rings is 1. The van der Waals surface area contributed by atoms with Crippen LogP contribution in [0.1, 0.15) is 26.7 Å². The maximum Gasteiger partial charge on any atom is 0.193 e. The van der Waals surface area contributed by atoms with Crippen molar-refractivity contribution in [3.8, 4) is 0 Å². The van der Waals surface area contributed by atoms with Crippen LogP contribution in [0.4, 0.5) is 0 Å². The molecular weight excluding hydrogens is 304 g/mol. The smallest absolute Gasteiger partial charge is 0.193 e. The maximum absolute atomic E-state index is 4.49. The number of aryl methyl sites for hydroxylation is 2. The van der Waals surface area contributed by atoms with Gasteiger partial charge in [0.2, 0.25) is 0 Å². The van der Waals surface area contributed by atoms with Crippen molar-refractivity contribution >= 4 is 17.3 Å². The summed E-state index contributed by atoms with van der Waals surface area (Å²) in [6.45, 7) is 7.02. The van der Waals surface area contributed by atoms with Crippen LogP contribution in [-0.2, 0) is 19.4 Å². The van der Waals surface area contributed by atoms with E-state index in [0.29, 0.717) is 0 Å². The van der Waals surface area contributed by atoms with Crippen molar-refractivity contribution in [1.29, 1.82) is 0 Å². The van der Waals surface area contributed by atoms with E-state index in [1.807, 2.05) is 7.05 Å². The van der Waals surface area contributed by atoms with E-state index < -0.39 is 0 Å². The second kappa shape index (κ2) is 7.13. The number of fused-ring (bicyclic) bond motifs is 1. The van der Waals surface area contributed by atoms with Crippen LogP contribution in [0.3, 0.4) is 0 Å². The molecule has 0 amide bonds. The van der Waals surface area contributed by atoms with Crippen molar-refractivity contribution in [2.45, 2.75) is 33.2 Å². The molecule has 0 atom stereocenters. The van der Waals surface area contributed by atoms with Gasteiger partial charge >= 0.3 is 0 Å². The Bertz CT molecular complexity index is 705. The molecule has 1 aromatic heterocycles. The van der Waals surface area contributed by atoms with Gasteiger partial charge in [-0.3, -0.25) is 4.99 Å². The number of hydrogen-bond donors (Lipinski definition) is 1. The number of aliphatic imine (C=N–C) groups is 1. The zero-order chi connectivity index (χ0) is 16.2. The topological polar surface area (TPSA) is 40.5 Å². The summed E-state index contributed by atoms with van der Waals surface area (Å²) >= 11 is 1.80. The second-order valence-electron chi connectivity index (χ2n) is 5.91. The first-order chi connectivity index (χ1) is 11.2. The number of thiazole rings is 1. The van der Waals surface area contributed by atoms with E-state index in [2.05, 4.69) is 58.3 Å². The fourth-order valence-electron chi connectivity index (χ4n) is 3.10. The van der Waals surface area contributed by atoms with E-state index >= 15 is 0 Å². The molecule has 0 spiro atoms. The second-order valence-corrected chi connectivity index (χ2v) is 7.19. The zero-order valence-corrected chi connectivity index (χ0v) is 14.9. The Hall–Kier alpha value is -1.88. The minimum absolute atomic E-state index is 0.896. The van der Waals surface area contributed by atoms with E-state index in [4.69, 9.17) is 0 Å². The van der Waals surface area contributed by atoms with Crippen LogP contribution in [0.25, 0.3) is 0 Å². The molecule has 1 aromatic carbocycles. The summed E-state index contributed by atoms with van der Waals surface area (Å²) < 4.78 is 0. The lowest BCUT2D eigenvalue weighted by molar-refractivity contribution is 0.379. The first-order valence-electron chi connectivity index (χ1n) is 8.12. The fraction of sp³-hybridized carbons (Fsp3) is 0.444. The molecule has 0 saturated heterocycles. The summed E-state index contributed by atoms with van der Waals surface area (Å²) in [6.07, 6.45) is 2.09. The quantitative estimate of drug-likeness (QED) is 0.696. The normalized spacial score (nSPS) is 14.7. The Morgan fingerprint density at radius 3 is 2.78 bits per heavy atom. The van der Waals surface area contributed by atoms with Gasteiger partial charge in [0.1, 0.15) is 0 Å². The van der Waals surface area contributed by atoms with E-state index in [1.165, 1.54) is 16.0 Å². The predicted octanol–water partition coefficient (Wildman–Crippen LogP) is 2.94. The molecule has 3 rings (SSSR count). The van der Waals surface area contributed by atoms with E-state index in [-0.39, 0.29) is 0 Å². The average molecular weight is 328 g/mol. The van der Waals surface area contributed by atoms with Gasteiger partial charge in [0.05, 0.1) is 10.7 Å². The molecule has 23 heavy (non-hydrogen) atoms. The first kappa shape index (κ1) is 16.0. The highest BCUT2D eigenvalue weighted by Crippen LogP contribution is 2.19. The monoisotopic (exact) mass is 328 g/mol. The summed E-state index contributed by atoms with van der Waals surface area (Å²) in [5.74, 6) is 0.999. The molecule has 1 aliphatic rings. The molecule has 4 nitrogen and oxygen atoms in total. The summed E-state index contributed by atoms with van der Waals surface area (Å²) in [6, 6.07) is 8.70. The van der Waals surface area contributed by atoms with Crippen molar-refractivity contribution in [3.63, 3.8) is 0 Å². The number of guanidine groups is 1. The minimum atomic E-state index is 0.896. The number of hydrogen-bond acceptors (Lipinski definition) is 3. The van der Waals surface area contributed by atoms with Gasteiger partial charge in [0, 0.05) is 38.0 Å². The van der Waals surface area contributed by atoms with Gasteiger partial charge in [-0.15, -0.1) is 11.3 Å². The van der Waals surface area contributed by atoms with Crippen LogP contribution in [0.15, 0.2) is 29.3 Å². The third kappa shape index (κ3) is 3.72. The Kier molecular flexibility index (Phi) is 4.96. The summed E-state index contributed by atoms with van der Waals surface area (Å²) in [5.41, 5.74) is 4.04. The SMILES string of the molecule is CN=C(NCCc1sc(C)nc1C)N1CCc2ccccc2C1. The van der Waals surface area contributed by atoms with Crippen LogP contribution in [0.5, 0.6) is 0 Å². The molecule has 1 aliphatic heterocycles. The Morgan fingerprint density at radius 1 is 1.30 bits per heavy atom. The molecule has 2 aromatic rings. The number of nitrogens with zero attached hydrogens (tertiary/aromatic N) is 3. The van der Waals surface area contributed by atoms with Crippen LogP contribution < -0.4 is 5.32 Å². The highest BCUT2D eigenvalue weighted by molar-refractivity contribution is 7.11. The van der Waals surface area contributed by atoms with Crippen molar-refractivity contribution < 1.29 is 0 Å². The van der Waals surface area contributed by atoms with Gasteiger partial charge in [-0.2, -0.15) is 0 Å². The van der Waals surface area contributed by atoms with Gasteiger partial charge in [-0.1, -0.05) is 24.3 Å². The summed E-state index contributed by atoms with van der Waals surface area (Å²) in [4.78, 5) is 12.7. The van der Waals surface area contributed by atoms with Gasteiger partial charge < -0.3 is 10.2 Å². The standard InChI is InChI=1S/C18H24N4S/c1-13-17(23-14(2)21-13)8-10-20-18(19-3)22-11-9-15-6-4-5-7-16(15)12-22/h4-7H,8-12H2,1-3H3,(H,19,20). The zero-order valence-electron chi connectivity index (χ0n) is 14.1. The molecule has 122 valence electrons. The van der Waals surface area contributed by atoms with Crippen molar-refractivity contribution in [3.05, 3.63) is 51.0 Å². The lowest BCUT2D eigenvalue weighted by atomic mass is 10.0. The molecule has 5 heteroatoms. The van der Waals surface area contributed by atoms with Crippen LogP contribution in [0.2, 0.25) is 0 Å². The largest absolute Gasteiger partial charge is 0.356 e. The molecule has 0 bridgehead atoms. The average Bonchev–Trinajstić information content (AvgIpc) is 2.89. The molecule has 0 fully saturated rings. The number of aromatic nitrogens is 1. The van der Waals surface area contributed by atoms with E-state index in [1.54, 1.807) is 11.3 Å². The maximum atomic E-state index is 4.49. The highest BCUT2D eigenvalue weighted by Gasteiger charge is 2.18. The van der Waals surface area contributed by atoms with Crippen molar-refractivity contribution in [1.82, 2.24) is 15.2 Å². The van der Waals surface area contributed by atoms with Crippen molar-refractivity contribution in [2.24, 2.45) is 4.99 Å². The van der Waals surface area contributed by atoms with Gasteiger partial charge in [0.15, 0.2) is 5.96 Å². The van der Waals surface area contributed by atoms with Gasteiger partial charge in [0.25, 0.3) is 0 Å². The van der Waals surface area contributed by atoms with Crippen LogP contribution >= 0.6 is 11.3 Å².